The number of aryl methyl sites for hydroxylation is 1. The van der Waals surface area contributed by atoms with Crippen LogP contribution in [0.25, 0.3) is 0 Å². The van der Waals surface area contributed by atoms with Gasteiger partial charge in [0.05, 0.1) is 5.25 Å². The van der Waals surface area contributed by atoms with Crippen molar-refractivity contribution in [3.05, 3.63) is 22.4 Å². The number of carbonyl (C=O) groups excluding carboxylic acids is 1. The molecular weight excluding hydrogens is 270 g/mol. The minimum Gasteiger partial charge on any atom is -0.274 e. The van der Waals surface area contributed by atoms with E-state index in [1.165, 1.54) is 0 Å². The van der Waals surface area contributed by atoms with Crippen molar-refractivity contribution in [3.63, 3.8) is 0 Å². The summed E-state index contributed by atoms with van der Waals surface area (Å²) in [7, 11) is -3.45. The van der Waals surface area contributed by atoms with E-state index < -0.39 is 15.9 Å². The third kappa shape index (κ3) is 3.55. The zero-order chi connectivity index (χ0) is 13.0. The molecule has 0 bridgehead atoms. The van der Waals surface area contributed by atoms with E-state index in [0.717, 1.165) is 18.4 Å². The molecule has 1 aromatic rings. The van der Waals surface area contributed by atoms with Gasteiger partial charge in [0.1, 0.15) is 0 Å². The predicted octanol–water partition coefficient (Wildman–Crippen LogP) is 2.07. The Morgan fingerprint density at radius 3 is 2.72 bits per heavy atom. The summed E-state index contributed by atoms with van der Waals surface area (Å²) in [6.45, 7) is 0. The Balaban J connectivity index is 1.83. The van der Waals surface area contributed by atoms with Crippen molar-refractivity contribution in [2.75, 3.05) is 0 Å². The molecule has 18 heavy (non-hydrogen) atoms. The van der Waals surface area contributed by atoms with Crippen LogP contribution in [0.4, 0.5) is 0 Å². The fourth-order valence-electron chi connectivity index (χ4n) is 2.18. The van der Waals surface area contributed by atoms with Crippen LogP contribution in [-0.4, -0.2) is 19.6 Å². The number of amides is 1. The third-order valence-electron chi connectivity index (χ3n) is 3.22. The van der Waals surface area contributed by atoms with Crippen LogP contribution in [0, 0.1) is 0 Å². The van der Waals surface area contributed by atoms with Crippen LogP contribution in [0.2, 0.25) is 0 Å². The fraction of sp³-hybridized carbons (Fsp3) is 0.583. The van der Waals surface area contributed by atoms with Crippen molar-refractivity contribution in [1.29, 1.82) is 0 Å². The Kier molecular flexibility index (Phi) is 4.40. The van der Waals surface area contributed by atoms with Gasteiger partial charge in [-0.15, -0.1) is 0 Å². The fourth-order valence-corrected chi connectivity index (χ4v) is 4.43. The van der Waals surface area contributed by atoms with Crippen molar-refractivity contribution >= 4 is 27.3 Å². The molecule has 0 aliphatic heterocycles. The van der Waals surface area contributed by atoms with Gasteiger partial charge in [-0.3, -0.25) is 9.52 Å². The summed E-state index contributed by atoms with van der Waals surface area (Å²) >= 11 is 1.57. The van der Waals surface area contributed by atoms with Gasteiger partial charge in [0, 0.05) is 6.42 Å². The van der Waals surface area contributed by atoms with Crippen LogP contribution >= 0.6 is 11.3 Å². The van der Waals surface area contributed by atoms with Gasteiger partial charge in [-0.2, -0.15) is 11.3 Å². The zero-order valence-corrected chi connectivity index (χ0v) is 11.7. The monoisotopic (exact) mass is 287 g/mol. The van der Waals surface area contributed by atoms with E-state index in [9.17, 15) is 13.2 Å². The first-order chi connectivity index (χ1) is 8.58. The third-order valence-corrected chi connectivity index (χ3v) is 5.81. The number of hydrogen-bond donors (Lipinski definition) is 1. The number of carbonyl (C=O) groups is 1. The van der Waals surface area contributed by atoms with Gasteiger partial charge in [-0.1, -0.05) is 12.8 Å². The molecule has 1 aliphatic rings. The minimum atomic E-state index is -3.45. The first kappa shape index (κ1) is 13.5. The lowest BCUT2D eigenvalue weighted by Gasteiger charge is -2.11. The molecule has 1 aliphatic carbocycles. The Hall–Kier alpha value is -0.880. The molecule has 100 valence electrons. The first-order valence-corrected chi connectivity index (χ1v) is 8.62. The smallest absolute Gasteiger partial charge is 0.237 e. The SMILES string of the molecule is O=C(CCc1ccsc1)NS(=O)(=O)C1CCCC1. The summed E-state index contributed by atoms with van der Waals surface area (Å²) in [5.41, 5.74) is 1.08. The maximum Gasteiger partial charge on any atom is 0.237 e. The predicted molar refractivity (Wildman–Crippen MR) is 72.0 cm³/mol. The Morgan fingerprint density at radius 1 is 1.39 bits per heavy atom. The van der Waals surface area contributed by atoms with E-state index >= 15 is 0 Å². The average Bonchev–Trinajstić information content (AvgIpc) is 2.99. The topological polar surface area (TPSA) is 63.2 Å². The quantitative estimate of drug-likeness (QED) is 0.901. The Bertz CT molecular complexity index is 487. The number of rotatable bonds is 5. The molecule has 0 radical (unpaired) electrons. The highest BCUT2D eigenvalue weighted by Crippen LogP contribution is 2.23. The highest BCUT2D eigenvalue weighted by Gasteiger charge is 2.29. The summed E-state index contributed by atoms with van der Waals surface area (Å²) in [4.78, 5) is 11.6. The Labute approximate surface area is 111 Å². The molecule has 0 saturated heterocycles. The van der Waals surface area contributed by atoms with Crippen LogP contribution in [0.1, 0.15) is 37.7 Å². The van der Waals surface area contributed by atoms with Crippen LogP contribution in [0.5, 0.6) is 0 Å². The van der Waals surface area contributed by atoms with Gasteiger partial charge in [0.2, 0.25) is 15.9 Å². The molecule has 4 nitrogen and oxygen atoms in total. The lowest BCUT2D eigenvalue weighted by atomic mass is 10.2. The van der Waals surface area contributed by atoms with Crippen LogP contribution in [0.3, 0.4) is 0 Å². The normalized spacial score (nSPS) is 16.9. The molecule has 1 heterocycles. The number of nitrogens with one attached hydrogen (secondary N) is 1. The average molecular weight is 287 g/mol. The minimum absolute atomic E-state index is 0.225. The van der Waals surface area contributed by atoms with Crippen molar-refractivity contribution in [2.24, 2.45) is 0 Å². The zero-order valence-electron chi connectivity index (χ0n) is 10.1. The number of thiophene rings is 1. The molecule has 0 unspecified atom stereocenters. The summed E-state index contributed by atoms with van der Waals surface area (Å²) in [5, 5.41) is 3.55. The van der Waals surface area contributed by atoms with E-state index in [4.69, 9.17) is 0 Å². The van der Waals surface area contributed by atoms with Crippen LogP contribution in [0.15, 0.2) is 16.8 Å². The molecule has 1 amide bonds. The molecule has 6 heteroatoms. The Morgan fingerprint density at radius 2 is 2.11 bits per heavy atom. The van der Waals surface area contributed by atoms with Crippen molar-refractivity contribution in [3.8, 4) is 0 Å². The van der Waals surface area contributed by atoms with E-state index in [1.807, 2.05) is 16.8 Å². The molecule has 0 spiro atoms. The van der Waals surface area contributed by atoms with Crippen LogP contribution in [-0.2, 0) is 21.2 Å². The first-order valence-electron chi connectivity index (χ1n) is 6.13. The van der Waals surface area contributed by atoms with Crippen LogP contribution < -0.4 is 4.72 Å². The lowest BCUT2D eigenvalue weighted by molar-refractivity contribution is -0.119. The summed E-state index contributed by atoms with van der Waals surface area (Å²) in [5.74, 6) is -0.395. The highest BCUT2D eigenvalue weighted by atomic mass is 32.2. The second-order valence-corrected chi connectivity index (χ2v) is 7.35. The second-order valence-electron chi connectivity index (χ2n) is 4.61. The van der Waals surface area contributed by atoms with Crippen molar-refractivity contribution < 1.29 is 13.2 Å². The van der Waals surface area contributed by atoms with Gasteiger partial charge in [0.25, 0.3) is 0 Å². The van der Waals surface area contributed by atoms with E-state index in [-0.39, 0.29) is 11.7 Å². The lowest BCUT2D eigenvalue weighted by Crippen LogP contribution is -2.37. The largest absolute Gasteiger partial charge is 0.274 e. The van der Waals surface area contributed by atoms with Crippen molar-refractivity contribution in [2.45, 2.75) is 43.8 Å². The number of sulfonamides is 1. The van der Waals surface area contributed by atoms with Gasteiger partial charge in [-0.05, 0) is 41.7 Å². The molecular formula is C12H17NO3S2. The van der Waals surface area contributed by atoms with E-state index in [0.29, 0.717) is 19.3 Å². The summed E-state index contributed by atoms with van der Waals surface area (Å²) < 4.78 is 25.9. The second kappa shape index (κ2) is 5.84. The molecule has 1 saturated carbocycles. The summed E-state index contributed by atoms with van der Waals surface area (Å²) in [6.07, 6.45) is 4.04. The van der Waals surface area contributed by atoms with Gasteiger partial charge in [-0.25, -0.2) is 8.42 Å². The van der Waals surface area contributed by atoms with Gasteiger partial charge < -0.3 is 0 Å². The maximum atomic E-state index is 11.9. The molecule has 0 atom stereocenters. The van der Waals surface area contributed by atoms with Crippen molar-refractivity contribution in [1.82, 2.24) is 4.72 Å². The van der Waals surface area contributed by atoms with Gasteiger partial charge in [0.15, 0.2) is 0 Å². The summed E-state index contributed by atoms with van der Waals surface area (Å²) in [6, 6.07) is 1.95. The standard InChI is InChI=1S/C12H17NO3S2/c14-12(6-5-10-7-8-17-9-10)13-18(15,16)11-3-1-2-4-11/h7-9,11H,1-6H2,(H,13,14). The highest BCUT2D eigenvalue weighted by molar-refractivity contribution is 7.90. The molecule has 2 rings (SSSR count). The number of hydrogen-bond acceptors (Lipinski definition) is 4. The molecule has 1 fully saturated rings. The molecule has 1 N–H and O–H groups in total. The molecule has 0 aromatic carbocycles. The molecule has 1 aromatic heterocycles. The van der Waals surface area contributed by atoms with Gasteiger partial charge >= 0.3 is 0 Å². The maximum absolute atomic E-state index is 11.9. The van der Waals surface area contributed by atoms with E-state index in [1.54, 1.807) is 11.3 Å². The van der Waals surface area contributed by atoms with E-state index in [2.05, 4.69) is 4.72 Å².